The standard InChI is InChI=1S/C13H19FN2O3S/c14-12-6-5-11(9-13(12)15)20(18,19)16-7-1-3-10(16)4-2-8-17/h5-6,9-10,17H,1-4,7-8,15H2. The molecule has 1 unspecified atom stereocenters. The van der Waals surface area contributed by atoms with Crippen LogP contribution in [0.25, 0.3) is 0 Å². The van der Waals surface area contributed by atoms with Gasteiger partial charge >= 0.3 is 0 Å². The number of aliphatic hydroxyl groups is 1. The number of nitrogens with zero attached hydrogens (tertiary/aromatic N) is 1. The van der Waals surface area contributed by atoms with Gasteiger partial charge in [-0.05, 0) is 43.9 Å². The first-order chi connectivity index (χ1) is 9.46. The Kier molecular flexibility index (Phi) is 4.62. The molecule has 0 aromatic heterocycles. The van der Waals surface area contributed by atoms with Crippen LogP contribution in [0.1, 0.15) is 25.7 Å². The molecule has 0 bridgehead atoms. The normalized spacial score (nSPS) is 20.4. The zero-order chi connectivity index (χ0) is 14.8. The third kappa shape index (κ3) is 2.94. The molecule has 112 valence electrons. The second kappa shape index (κ2) is 6.07. The first kappa shape index (κ1) is 15.2. The molecule has 1 aliphatic rings. The minimum atomic E-state index is -3.65. The molecule has 1 fully saturated rings. The monoisotopic (exact) mass is 302 g/mol. The van der Waals surface area contributed by atoms with Crippen LogP contribution in [0, 0.1) is 5.82 Å². The van der Waals surface area contributed by atoms with E-state index in [1.807, 2.05) is 0 Å². The molecule has 1 aromatic rings. The molecule has 20 heavy (non-hydrogen) atoms. The largest absolute Gasteiger partial charge is 0.396 e. The lowest BCUT2D eigenvalue weighted by molar-refractivity contribution is 0.264. The van der Waals surface area contributed by atoms with Gasteiger partial charge in [-0.3, -0.25) is 0 Å². The Morgan fingerprint density at radius 1 is 1.45 bits per heavy atom. The van der Waals surface area contributed by atoms with Crippen molar-refractivity contribution in [1.29, 1.82) is 0 Å². The molecule has 7 heteroatoms. The molecule has 0 spiro atoms. The number of rotatable bonds is 5. The molecule has 5 nitrogen and oxygen atoms in total. The van der Waals surface area contributed by atoms with Crippen molar-refractivity contribution in [1.82, 2.24) is 4.31 Å². The highest BCUT2D eigenvalue weighted by Crippen LogP contribution is 2.29. The van der Waals surface area contributed by atoms with Gasteiger partial charge in [-0.1, -0.05) is 0 Å². The fourth-order valence-corrected chi connectivity index (χ4v) is 4.32. The first-order valence-corrected chi connectivity index (χ1v) is 8.08. The number of nitrogens with two attached hydrogens (primary N) is 1. The van der Waals surface area contributed by atoms with E-state index in [1.165, 1.54) is 10.4 Å². The van der Waals surface area contributed by atoms with Gasteiger partial charge in [0.05, 0.1) is 10.6 Å². The topological polar surface area (TPSA) is 83.6 Å². The summed E-state index contributed by atoms with van der Waals surface area (Å²) in [7, 11) is -3.65. The van der Waals surface area contributed by atoms with Crippen molar-refractivity contribution in [2.45, 2.75) is 36.6 Å². The molecule has 2 rings (SSSR count). The smallest absolute Gasteiger partial charge is 0.243 e. The van der Waals surface area contributed by atoms with Crippen LogP contribution in [0.4, 0.5) is 10.1 Å². The Morgan fingerprint density at radius 3 is 2.85 bits per heavy atom. The average molecular weight is 302 g/mol. The molecule has 0 radical (unpaired) electrons. The fourth-order valence-electron chi connectivity index (χ4n) is 2.56. The highest BCUT2D eigenvalue weighted by molar-refractivity contribution is 7.89. The molecule has 0 saturated carbocycles. The van der Waals surface area contributed by atoms with Crippen LogP contribution in [-0.2, 0) is 10.0 Å². The van der Waals surface area contributed by atoms with E-state index in [0.717, 1.165) is 25.0 Å². The number of hydrogen-bond acceptors (Lipinski definition) is 4. The number of anilines is 1. The van der Waals surface area contributed by atoms with Gasteiger partial charge in [-0.2, -0.15) is 4.31 Å². The van der Waals surface area contributed by atoms with E-state index >= 15 is 0 Å². The summed E-state index contributed by atoms with van der Waals surface area (Å²) in [5.41, 5.74) is 5.27. The number of halogens is 1. The minimum absolute atomic E-state index is 0.0206. The van der Waals surface area contributed by atoms with E-state index in [0.29, 0.717) is 19.4 Å². The van der Waals surface area contributed by atoms with Crippen molar-refractivity contribution >= 4 is 15.7 Å². The van der Waals surface area contributed by atoms with Gasteiger partial charge < -0.3 is 10.8 Å². The summed E-state index contributed by atoms with van der Waals surface area (Å²) >= 11 is 0. The number of nitrogen functional groups attached to an aromatic ring is 1. The highest BCUT2D eigenvalue weighted by atomic mass is 32.2. The second-order valence-electron chi connectivity index (χ2n) is 4.96. The van der Waals surface area contributed by atoms with E-state index in [1.54, 1.807) is 0 Å². The maximum absolute atomic E-state index is 13.1. The minimum Gasteiger partial charge on any atom is -0.396 e. The van der Waals surface area contributed by atoms with Crippen molar-refractivity contribution < 1.29 is 17.9 Å². The molecule has 1 aromatic carbocycles. The van der Waals surface area contributed by atoms with Crippen molar-refractivity contribution in [2.75, 3.05) is 18.9 Å². The maximum atomic E-state index is 13.1. The van der Waals surface area contributed by atoms with Crippen molar-refractivity contribution in [3.8, 4) is 0 Å². The summed E-state index contributed by atoms with van der Waals surface area (Å²) in [6.07, 6.45) is 2.79. The summed E-state index contributed by atoms with van der Waals surface area (Å²) in [5, 5.41) is 8.87. The van der Waals surface area contributed by atoms with E-state index in [2.05, 4.69) is 0 Å². The third-order valence-electron chi connectivity index (χ3n) is 3.59. The van der Waals surface area contributed by atoms with Gasteiger partial charge in [-0.25, -0.2) is 12.8 Å². The van der Waals surface area contributed by atoms with Gasteiger partial charge in [0.15, 0.2) is 0 Å². The lowest BCUT2D eigenvalue weighted by Gasteiger charge is -2.24. The lowest BCUT2D eigenvalue weighted by atomic mass is 10.1. The van der Waals surface area contributed by atoms with Crippen LogP contribution < -0.4 is 5.73 Å². The van der Waals surface area contributed by atoms with Crippen LogP contribution in [-0.4, -0.2) is 37.0 Å². The summed E-state index contributed by atoms with van der Waals surface area (Å²) < 4.78 is 39.7. The summed E-state index contributed by atoms with van der Waals surface area (Å²) in [5.74, 6) is -0.623. The Bertz CT molecular complexity index is 577. The van der Waals surface area contributed by atoms with E-state index in [4.69, 9.17) is 10.8 Å². The van der Waals surface area contributed by atoms with E-state index in [9.17, 15) is 12.8 Å². The first-order valence-electron chi connectivity index (χ1n) is 6.64. The molecule has 3 N–H and O–H groups in total. The Balaban J connectivity index is 2.26. The van der Waals surface area contributed by atoms with Gasteiger partial charge in [0.25, 0.3) is 0 Å². The number of sulfonamides is 1. The van der Waals surface area contributed by atoms with Gasteiger partial charge in [0, 0.05) is 19.2 Å². The van der Waals surface area contributed by atoms with Crippen LogP contribution in [0.15, 0.2) is 23.1 Å². The van der Waals surface area contributed by atoms with Gasteiger partial charge in [0.2, 0.25) is 10.0 Å². The summed E-state index contributed by atoms with van der Waals surface area (Å²) in [6.45, 7) is 0.504. The highest BCUT2D eigenvalue weighted by Gasteiger charge is 2.34. The molecular weight excluding hydrogens is 283 g/mol. The van der Waals surface area contributed by atoms with Crippen molar-refractivity contribution in [2.24, 2.45) is 0 Å². The molecule has 0 amide bonds. The van der Waals surface area contributed by atoms with Crippen LogP contribution in [0.5, 0.6) is 0 Å². The van der Waals surface area contributed by atoms with E-state index < -0.39 is 15.8 Å². The Hall–Kier alpha value is -1.18. The lowest BCUT2D eigenvalue weighted by Crippen LogP contribution is -2.35. The van der Waals surface area contributed by atoms with Crippen molar-refractivity contribution in [3.63, 3.8) is 0 Å². The summed E-state index contributed by atoms with van der Waals surface area (Å²) in [4.78, 5) is 0.0206. The molecule has 1 heterocycles. The average Bonchev–Trinajstić information content (AvgIpc) is 2.88. The zero-order valence-corrected chi connectivity index (χ0v) is 11.9. The Morgan fingerprint density at radius 2 is 2.20 bits per heavy atom. The predicted molar refractivity (Wildman–Crippen MR) is 74.0 cm³/mol. The quantitative estimate of drug-likeness (QED) is 0.804. The molecular formula is C13H19FN2O3S. The third-order valence-corrected chi connectivity index (χ3v) is 5.54. The van der Waals surface area contributed by atoms with Crippen molar-refractivity contribution in [3.05, 3.63) is 24.0 Å². The Labute approximate surface area is 118 Å². The molecule has 1 saturated heterocycles. The van der Waals surface area contributed by atoms with E-state index in [-0.39, 0.29) is 23.2 Å². The zero-order valence-electron chi connectivity index (χ0n) is 11.1. The van der Waals surface area contributed by atoms with Crippen LogP contribution in [0.2, 0.25) is 0 Å². The fraction of sp³-hybridized carbons (Fsp3) is 0.538. The summed E-state index contributed by atoms with van der Waals surface area (Å²) in [6, 6.07) is 3.37. The van der Waals surface area contributed by atoms with Gasteiger partial charge in [-0.15, -0.1) is 0 Å². The second-order valence-corrected chi connectivity index (χ2v) is 6.85. The molecule has 0 aliphatic carbocycles. The number of benzene rings is 1. The SMILES string of the molecule is Nc1cc(S(=O)(=O)N2CCCC2CCCO)ccc1F. The van der Waals surface area contributed by atoms with Gasteiger partial charge in [0.1, 0.15) is 5.82 Å². The van der Waals surface area contributed by atoms with Crippen LogP contribution >= 0.6 is 0 Å². The number of aliphatic hydroxyl groups excluding tert-OH is 1. The predicted octanol–water partition coefficient (Wildman–Crippen LogP) is 1.33. The number of hydrogen-bond donors (Lipinski definition) is 2. The van der Waals surface area contributed by atoms with Crippen LogP contribution in [0.3, 0.4) is 0 Å². The maximum Gasteiger partial charge on any atom is 0.243 e. The molecule has 1 atom stereocenters. The molecule has 1 aliphatic heterocycles.